The fourth-order valence-electron chi connectivity index (χ4n) is 2.79. The molecule has 0 aliphatic heterocycles. The number of anilines is 1. The van der Waals surface area contributed by atoms with Gasteiger partial charge in [0.1, 0.15) is 5.69 Å². The number of carbonyl (C=O) groups excluding carboxylic acids is 1. The van der Waals surface area contributed by atoms with Gasteiger partial charge in [-0.1, -0.05) is 24.3 Å². The summed E-state index contributed by atoms with van der Waals surface area (Å²) in [5.74, 6) is -0.653. The van der Waals surface area contributed by atoms with Crippen molar-refractivity contribution in [2.45, 2.75) is 11.8 Å². The summed E-state index contributed by atoms with van der Waals surface area (Å²) in [7, 11) is -1.22. The molecule has 0 bridgehead atoms. The van der Waals surface area contributed by atoms with Crippen molar-refractivity contribution in [3.8, 4) is 5.69 Å². The van der Waals surface area contributed by atoms with Crippen molar-refractivity contribution in [3.63, 3.8) is 0 Å². The topological polar surface area (TPSA) is 99.4 Å². The lowest BCUT2D eigenvalue weighted by Crippen LogP contribution is -2.23. The number of benzene rings is 2. The number of methoxy groups -OCH3 is 1. The van der Waals surface area contributed by atoms with Crippen LogP contribution in [0.1, 0.15) is 16.1 Å². The zero-order chi connectivity index (χ0) is 20.5. The third kappa shape index (κ3) is 3.44. The molecule has 0 amide bonds. The van der Waals surface area contributed by atoms with Crippen LogP contribution in [0.15, 0.2) is 64.3 Å². The van der Waals surface area contributed by atoms with E-state index in [0.29, 0.717) is 11.4 Å². The fourth-order valence-corrected chi connectivity index (χ4v) is 3.95. The summed E-state index contributed by atoms with van der Waals surface area (Å²) in [4.78, 5) is 24.4. The molecule has 1 heterocycles. The molecular formula is C19H19N3O5S. The van der Waals surface area contributed by atoms with Crippen molar-refractivity contribution in [2.24, 2.45) is 7.05 Å². The van der Waals surface area contributed by atoms with Crippen molar-refractivity contribution in [1.29, 1.82) is 0 Å². The fraction of sp³-hybridized carbons (Fsp3) is 0.158. The monoisotopic (exact) mass is 401 g/mol. The highest BCUT2D eigenvalue weighted by molar-refractivity contribution is 7.92. The molecule has 0 unspecified atom stereocenters. The number of carbonyl (C=O) groups is 1. The first-order valence-electron chi connectivity index (χ1n) is 8.31. The highest BCUT2D eigenvalue weighted by Crippen LogP contribution is 2.19. The van der Waals surface area contributed by atoms with Crippen LogP contribution < -0.4 is 10.3 Å². The normalized spacial score (nSPS) is 11.2. The smallest absolute Gasteiger partial charge is 0.337 e. The maximum Gasteiger partial charge on any atom is 0.337 e. The van der Waals surface area contributed by atoms with Crippen LogP contribution in [0.4, 0.5) is 5.69 Å². The molecule has 0 aliphatic carbocycles. The molecular weight excluding hydrogens is 382 g/mol. The third-order valence-corrected chi connectivity index (χ3v) is 5.70. The molecule has 8 nitrogen and oxygen atoms in total. The summed E-state index contributed by atoms with van der Waals surface area (Å²) in [6, 6.07) is 14.3. The molecule has 0 saturated heterocycles. The average molecular weight is 401 g/mol. The van der Waals surface area contributed by atoms with Gasteiger partial charge in [0.2, 0.25) is 0 Å². The molecule has 0 atom stereocenters. The first kappa shape index (κ1) is 19.4. The number of nitrogens with one attached hydrogen (secondary N) is 1. The van der Waals surface area contributed by atoms with Crippen molar-refractivity contribution in [1.82, 2.24) is 9.36 Å². The second-order valence-corrected chi connectivity index (χ2v) is 7.74. The van der Waals surface area contributed by atoms with E-state index in [1.54, 1.807) is 42.9 Å². The van der Waals surface area contributed by atoms with Gasteiger partial charge in [-0.3, -0.25) is 14.2 Å². The highest BCUT2D eigenvalue weighted by atomic mass is 32.2. The molecule has 0 saturated carbocycles. The van der Waals surface area contributed by atoms with Gasteiger partial charge in [0.25, 0.3) is 15.6 Å². The van der Waals surface area contributed by atoms with Crippen molar-refractivity contribution < 1.29 is 17.9 Å². The summed E-state index contributed by atoms with van der Waals surface area (Å²) in [5.41, 5.74) is 0.586. The Morgan fingerprint density at radius 3 is 2.39 bits per heavy atom. The molecule has 0 aliphatic rings. The Kier molecular flexibility index (Phi) is 5.10. The van der Waals surface area contributed by atoms with Crippen LogP contribution in [-0.4, -0.2) is 30.9 Å². The minimum absolute atomic E-state index is 0.0603. The van der Waals surface area contributed by atoms with Crippen molar-refractivity contribution in [2.75, 3.05) is 11.8 Å². The Morgan fingerprint density at radius 2 is 1.75 bits per heavy atom. The van der Waals surface area contributed by atoms with E-state index in [0.717, 1.165) is 0 Å². The number of hydrogen-bond donors (Lipinski definition) is 1. The zero-order valence-corrected chi connectivity index (χ0v) is 16.4. The van der Waals surface area contributed by atoms with Gasteiger partial charge in [0.05, 0.1) is 29.0 Å². The molecule has 28 heavy (non-hydrogen) atoms. The van der Waals surface area contributed by atoms with Gasteiger partial charge in [-0.15, -0.1) is 0 Å². The van der Waals surface area contributed by atoms with Gasteiger partial charge < -0.3 is 4.74 Å². The number of aromatic nitrogens is 2. The van der Waals surface area contributed by atoms with Crippen LogP contribution in [0.2, 0.25) is 0 Å². The van der Waals surface area contributed by atoms with Crippen molar-refractivity contribution >= 4 is 21.7 Å². The largest absolute Gasteiger partial charge is 0.465 e. The van der Waals surface area contributed by atoms with E-state index in [9.17, 15) is 18.0 Å². The molecule has 3 aromatic rings. The minimum Gasteiger partial charge on any atom is -0.465 e. The number of sulfonamides is 1. The maximum atomic E-state index is 12.9. The van der Waals surface area contributed by atoms with E-state index in [1.807, 2.05) is 6.07 Å². The van der Waals surface area contributed by atoms with Crippen LogP contribution >= 0.6 is 0 Å². The van der Waals surface area contributed by atoms with Crippen LogP contribution in [0.5, 0.6) is 0 Å². The molecule has 9 heteroatoms. The van der Waals surface area contributed by atoms with Gasteiger partial charge in [-0.2, -0.15) is 0 Å². The molecule has 1 aromatic heterocycles. The summed E-state index contributed by atoms with van der Waals surface area (Å²) in [6.07, 6.45) is 0. The Bertz CT molecular complexity index is 1190. The summed E-state index contributed by atoms with van der Waals surface area (Å²) in [6.45, 7) is 1.64. The van der Waals surface area contributed by atoms with Crippen LogP contribution in [0.3, 0.4) is 0 Å². The summed E-state index contributed by atoms with van der Waals surface area (Å²) >= 11 is 0. The zero-order valence-electron chi connectivity index (χ0n) is 15.5. The predicted octanol–water partition coefficient (Wildman–Crippen LogP) is 2.07. The van der Waals surface area contributed by atoms with Gasteiger partial charge in [0.15, 0.2) is 0 Å². The van der Waals surface area contributed by atoms with E-state index in [-0.39, 0.29) is 16.1 Å². The quantitative estimate of drug-likeness (QED) is 0.660. The number of rotatable bonds is 5. The highest BCUT2D eigenvalue weighted by Gasteiger charge is 2.23. The van der Waals surface area contributed by atoms with E-state index in [4.69, 9.17) is 0 Å². The first-order valence-corrected chi connectivity index (χ1v) is 9.80. The SMILES string of the molecule is COC(=O)c1cccc(S(=O)(=O)Nc2c(C)n(C)n(-c3ccccc3)c2=O)c1. The maximum absolute atomic E-state index is 12.9. The van der Waals surface area contributed by atoms with E-state index >= 15 is 0 Å². The second kappa shape index (κ2) is 7.35. The molecule has 0 spiro atoms. The second-order valence-electron chi connectivity index (χ2n) is 6.06. The Labute approximate surface area is 162 Å². The summed E-state index contributed by atoms with van der Waals surface area (Å²) < 4.78 is 35.5. The Balaban J connectivity index is 2.05. The number of para-hydroxylation sites is 1. The molecule has 0 radical (unpaired) electrons. The molecule has 3 rings (SSSR count). The lowest BCUT2D eigenvalue weighted by Gasteiger charge is -2.08. The number of ether oxygens (including phenoxy) is 1. The first-order chi connectivity index (χ1) is 13.3. The lowest BCUT2D eigenvalue weighted by molar-refractivity contribution is 0.0600. The number of esters is 1. The van der Waals surface area contributed by atoms with E-state index in [2.05, 4.69) is 9.46 Å². The Morgan fingerprint density at radius 1 is 1.07 bits per heavy atom. The molecule has 2 aromatic carbocycles. The standard InChI is InChI=1S/C19H19N3O5S/c1-13-17(18(23)22(21(13)2)15-9-5-4-6-10-15)20-28(25,26)16-11-7-8-14(12-16)19(24)27-3/h4-12,20H,1-3H3. The van der Waals surface area contributed by atoms with Gasteiger partial charge in [0, 0.05) is 7.05 Å². The van der Waals surface area contributed by atoms with Gasteiger partial charge in [-0.05, 0) is 37.3 Å². The Hall–Kier alpha value is -3.33. The minimum atomic E-state index is -4.09. The predicted molar refractivity (Wildman–Crippen MR) is 104 cm³/mol. The number of hydrogen-bond acceptors (Lipinski definition) is 5. The van der Waals surface area contributed by atoms with Gasteiger partial charge in [-0.25, -0.2) is 17.9 Å². The van der Waals surface area contributed by atoms with Crippen LogP contribution in [-0.2, 0) is 21.8 Å². The third-order valence-electron chi connectivity index (χ3n) is 4.36. The molecule has 0 fully saturated rings. The van der Waals surface area contributed by atoms with Crippen molar-refractivity contribution in [3.05, 3.63) is 76.2 Å². The van der Waals surface area contributed by atoms with E-state index in [1.165, 1.54) is 36.1 Å². The number of nitrogens with zero attached hydrogens (tertiary/aromatic N) is 2. The molecule has 1 N–H and O–H groups in total. The average Bonchev–Trinajstić information content (AvgIpc) is 2.91. The lowest BCUT2D eigenvalue weighted by atomic mass is 10.2. The van der Waals surface area contributed by atoms with Crippen LogP contribution in [0.25, 0.3) is 5.69 Å². The summed E-state index contributed by atoms with van der Waals surface area (Å²) in [5, 5.41) is 0. The molecule has 146 valence electrons. The van der Waals surface area contributed by atoms with E-state index < -0.39 is 21.6 Å². The van der Waals surface area contributed by atoms with Crippen LogP contribution in [0, 0.1) is 6.92 Å². The van der Waals surface area contributed by atoms with Gasteiger partial charge >= 0.3 is 5.97 Å².